The molecule has 0 aliphatic heterocycles. The summed E-state index contributed by atoms with van der Waals surface area (Å²) in [5, 5.41) is 2.72. The van der Waals surface area contributed by atoms with E-state index in [9.17, 15) is 22.4 Å². The maximum Gasteiger partial charge on any atom is 0.264 e. The lowest BCUT2D eigenvalue weighted by molar-refractivity contribution is -0.139. The molecule has 2 amide bonds. The number of hydrogen-bond acceptors (Lipinski definition) is 5. The van der Waals surface area contributed by atoms with Gasteiger partial charge in [-0.3, -0.25) is 13.9 Å². The summed E-state index contributed by atoms with van der Waals surface area (Å²) in [6.45, 7) is 5.11. The number of sulfonamides is 1. The SMILES string of the molecule is CCNC(=O)C(C)N(Cc1ccc(OC)cc1)C(=O)CN(c1ccc(C)cc1)S(=O)(=O)c1ccc(F)cc1. The highest BCUT2D eigenvalue weighted by molar-refractivity contribution is 7.92. The first-order chi connectivity index (χ1) is 18.1. The zero-order chi connectivity index (χ0) is 27.9. The smallest absolute Gasteiger partial charge is 0.264 e. The van der Waals surface area contributed by atoms with Gasteiger partial charge in [0.2, 0.25) is 11.8 Å². The zero-order valence-corrected chi connectivity index (χ0v) is 22.7. The van der Waals surface area contributed by atoms with Crippen molar-refractivity contribution in [2.24, 2.45) is 0 Å². The number of hydrogen-bond donors (Lipinski definition) is 1. The first-order valence-corrected chi connectivity index (χ1v) is 13.6. The number of nitrogens with zero attached hydrogens (tertiary/aromatic N) is 2. The number of anilines is 1. The molecule has 0 saturated heterocycles. The fraction of sp³-hybridized carbons (Fsp3) is 0.286. The minimum Gasteiger partial charge on any atom is -0.497 e. The Kier molecular flexibility index (Phi) is 9.46. The van der Waals surface area contributed by atoms with Crippen LogP contribution in [-0.2, 0) is 26.2 Å². The average Bonchev–Trinajstić information content (AvgIpc) is 2.91. The molecule has 0 aliphatic rings. The predicted molar refractivity (Wildman–Crippen MR) is 144 cm³/mol. The number of likely N-dealkylation sites (N-methyl/N-ethyl adjacent to an activating group) is 1. The molecule has 0 radical (unpaired) electrons. The number of aryl methyl sites for hydroxylation is 1. The van der Waals surface area contributed by atoms with Crippen LogP contribution in [0.1, 0.15) is 25.0 Å². The van der Waals surface area contributed by atoms with Gasteiger partial charge in [0, 0.05) is 13.1 Å². The Morgan fingerprint density at radius 3 is 2.13 bits per heavy atom. The topological polar surface area (TPSA) is 96.0 Å². The van der Waals surface area contributed by atoms with Crippen molar-refractivity contribution >= 4 is 27.5 Å². The lowest BCUT2D eigenvalue weighted by Gasteiger charge is -2.32. The monoisotopic (exact) mass is 541 g/mol. The van der Waals surface area contributed by atoms with Crippen LogP contribution >= 0.6 is 0 Å². The van der Waals surface area contributed by atoms with Gasteiger partial charge < -0.3 is 15.0 Å². The molecule has 0 aliphatic carbocycles. The molecular weight excluding hydrogens is 509 g/mol. The minimum absolute atomic E-state index is 0.0689. The molecule has 0 spiro atoms. The van der Waals surface area contributed by atoms with Gasteiger partial charge in [-0.15, -0.1) is 0 Å². The lowest BCUT2D eigenvalue weighted by atomic mass is 10.1. The number of methoxy groups -OCH3 is 1. The van der Waals surface area contributed by atoms with Crippen LogP contribution in [0.2, 0.25) is 0 Å². The number of rotatable bonds is 11. The summed E-state index contributed by atoms with van der Waals surface area (Å²) in [7, 11) is -2.70. The van der Waals surface area contributed by atoms with Gasteiger partial charge in [-0.1, -0.05) is 29.8 Å². The van der Waals surface area contributed by atoms with E-state index in [4.69, 9.17) is 4.74 Å². The minimum atomic E-state index is -4.25. The molecule has 1 atom stereocenters. The summed E-state index contributed by atoms with van der Waals surface area (Å²) < 4.78 is 47.0. The molecule has 0 saturated carbocycles. The van der Waals surface area contributed by atoms with E-state index < -0.39 is 34.3 Å². The number of halogens is 1. The van der Waals surface area contributed by atoms with Crippen LogP contribution in [0.15, 0.2) is 77.7 Å². The number of amides is 2. The van der Waals surface area contributed by atoms with Crippen molar-refractivity contribution in [3.8, 4) is 5.75 Å². The van der Waals surface area contributed by atoms with Crippen molar-refractivity contribution < 1.29 is 27.1 Å². The van der Waals surface area contributed by atoms with Crippen LogP contribution < -0.4 is 14.4 Å². The molecule has 0 heterocycles. The van der Waals surface area contributed by atoms with Crippen LogP contribution in [-0.4, -0.2) is 51.4 Å². The molecule has 1 unspecified atom stereocenters. The highest BCUT2D eigenvalue weighted by Gasteiger charge is 2.32. The molecule has 0 bridgehead atoms. The van der Waals surface area contributed by atoms with E-state index in [2.05, 4.69) is 5.32 Å². The highest BCUT2D eigenvalue weighted by Crippen LogP contribution is 2.25. The van der Waals surface area contributed by atoms with E-state index in [1.165, 1.54) is 4.90 Å². The van der Waals surface area contributed by atoms with E-state index in [-0.39, 0.29) is 23.0 Å². The molecule has 10 heteroatoms. The highest BCUT2D eigenvalue weighted by atomic mass is 32.2. The van der Waals surface area contributed by atoms with Gasteiger partial charge in [0.15, 0.2) is 0 Å². The maximum atomic E-state index is 13.8. The third kappa shape index (κ3) is 6.89. The fourth-order valence-electron chi connectivity index (χ4n) is 3.81. The average molecular weight is 542 g/mol. The first-order valence-electron chi connectivity index (χ1n) is 12.1. The molecule has 0 aromatic heterocycles. The van der Waals surface area contributed by atoms with Gasteiger partial charge in [-0.25, -0.2) is 12.8 Å². The van der Waals surface area contributed by atoms with Crippen molar-refractivity contribution in [2.75, 3.05) is 24.5 Å². The van der Waals surface area contributed by atoms with Crippen molar-refractivity contribution in [1.29, 1.82) is 0 Å². The normalized spacial score (nSPS) is 11.9. The Balaban J connectivity index is 2.01. The second-order valence-electron chi connectivity index (χ2n) is 8.74. The predicted octanol–water partition coefficient (Wildman–Crippen LogP) is 3.89. The number of ether oxygens (including phenoxy) is 1. The number of carbonyl (C=O) groups is 2. The van der Waals surface area contributed by atoms with Gasteiger partial charge in [-0.05, 0) is 74.9 Å². The van der Waals surface area contributed by atoms with E-state index >= 15 is 0 Å². The van der Waals surface area contributed by atoms with Gasteiger partial charge in [-0.2, -0.15) is 0 Å². The number of nitrogens with one attached hydrogen (secondary N) is 1. The maximum absolute atomic E-state index is 13.8. The Morgan fingerprint density at radius 2 is 1.58 bits per heavy atom. The molecule has 0 fully saturated rings. The Bertz CT molecular complexity index is 1340. The van der Waals surface area contributed by atoms with Crippen LogP contribution in [0.25, 0.3) is 0 Å². The second-order valence-corrected chi connectivity index (χ2v) is 10.6. The molecule has 3 aromatic rings. The summed E-state index contributed by atoms with van der Waals surface area (Å²) >= 11 is 0. The molecule has 202 valence electrons. The summed E-state index contributed by atoms with van der Waals surface area (Å²) in [5.74, 6) is -0.883. The molecule has 3 aromatic carbocycles. The summed E-state index contributed by atoms with van der Waals surface area (Å²) in [5.41, 5.74) is 1.91. The van der Waals surface area contributed by atoms with Crippen LogP contribution in [0.5, 0.6) is 5.75 Å². The quantitative estimate of drug-likeness (QED) is 0.397. The van der Waals surface area contributed by atoms with Gasteiger partial charge in [0.05, 0.1) is 17.7 Å². The van der Waals surface area contributed by atoms with Crippen molar-refractivity contribution in [1.82, 2.24) is 10.2 Å². The molecule has 1 N–H and O–H groups in total. The molecular formula is C28H32FN3O5S. The first kappa shape index (κ1) is 28.6. The summed E-state index contributed by atoms with van der Waals surface area (Å²) in [4.78, 5) is 27.7. The van der Waals surface area contributed by atoms with E-state index in [0.717, 1.165) is 39.7 Å². The van der Waals surface area contributed by atoms with E-state index in [1.54, 1.807) is 69.5 Å². The van der Waals surface area contributed by atoms with E-state index in [0.29, 0.717) is 12.3 Å². The molecule has 38 heavy (non-hydrogen) atoms. The zero-order valence-electron chi connectivity index (χ0n) is 21.8. The standard InChI is InChI=1S/C28H32FN3O5S/c1-5-30-28(34)21(3)31(18-22-8-14-25(37-4)15-9-22)27(33)19-32(24-12-6-20(2)7-13-24)38(35,36)26-16-10-23(29)11-17-26/h6-17,21H,5,18-19H2,1-4H3,(H,30,34). The fourth-order valence-corrected chi connectivity index (χ4v) is 5.22. The molecule has 8 nitrogen and oxygen atoms in total. The number of benzene rings is 3. The van der Waals surface area contributed by atoms with Gasteiger partial charge in [0.25, 0.3) is 10.0 Å². The Morgan fingerprint density at radius 1 is 0.974 bits per heavy atom. The van der Waals surface area contributed by atoms with Crippen molar-refractivity contribution in [3.63, 3.8) is 0 Å². The van der Waals surface area contributed by atoms with Crippen LogP contribution in [0.4, 0.5) is 10.1 Å². The Labute approximate surface area is 223 Å². The summed E-state index contributed by atoms with van der Waals surface area (Å²) in [6, 6.07) is 17.2. The van der Waals surface area contributed by atoms with Crippen LogP contribution in [0, 0.1) is 12.7 Å². The van der Waals surface area contributed by atoms with Gasteiger partial charge >= 0.3 is 0 Å². The Hall–Kier alpha value is -3.92. The van der Waals surface area contributed by atoms with Crippen molar-refractivity contribution in [3.05, 3.63) is 89.7 Å². The summed E-state index contributed by atoms with van der Waals surface area (Å²) in [6.07, 6.45) is 0. The van der Waals surface area contributed by atoms with Crippen LogP contribution in [0.3, 0.4) is 0 Å². The van der Waals surface area contributed by atoms with Gasteiger partial charge in [0.1, 0.15) is 24.2 Å². The third-order valence-electron chi connectivity index (χ3n) is 6.03. The largest absolute Gasteiger partial charge is 0.497 e. The van der Waals surface area contributed by atoms with Crippen molar-refractivity contribution in [2.45, 2.75) is 38.3 Å². The third-order valence-corrected chi connectivity index (χ3v) is 7.82. The second kappa shape index (κ2) is 12.6. The number of carbonyl (C=O) groups excluding carboxylic acids is 2. The lowest BCUT2D eigenvalue weighted by Crippen LogP contribution is -2.51. The molecule has 3 rings (SSSR count). The van der Waals surface area contributed by atoms with E-state index in [1.807, 2.05) is 6.92 Å².